The van der Waals surface area contributed by atoms with Gasteiger partial charge in [0.05, 0.1) is 11.4 Å². The normalized spacial score (nSPS) is 23.0. The van der Waals surface area contributed by atoms with Gasteiger partial charge in [0.15, 0.2) is 0 Å². The molecule has 0 radical (unpaired) electrons. The first-order valence-corrected chi connectivity index (χ1v) is 11.9. The van der Waals surface area contributed by atoms with E-state index in [0.717, 1.165) is 61.0 Å². The predicted molar refractivity (Wildman–Crippen MR) is 110 cm³/mol. The van der Waals surface area contributed by atoms with Crippen molar-refractivity contribution in [3.63, 3.8) is 0 Å². The average Bonchev–Trinajstić information content (AvgIpc) is 3.42. The van der Waals surface area contributed by atoms with Gasteiger partial charge in [-0.15, -0.1) is 0 Å². The number of nitrogens with one attached hydrogen (secondary N) is 1. The molecule has 0 amide bonds. The lowest BCUT2D eigenvalue weighted by Crippen LogP contribution is -2.56. The summed E-state index contributed by atoms with van der Waals surface area (Å²) in [6, 6.07) is 3.80. The van der Waals surface area contributed by atoms with Crippen LogP contribution < -0.4 is 10.5 Å². The zero-order chi connectivity index (χ0) is 21.3. The van der Waals surface area contributed by atoms with Gasteiger partial charge in [-0.05, 0) is 48.9 Å². The highest BCUT2D eigenvalue weighted by Crippen LogP contribution is 2.45. The van der Waals surface area contributed by atoms with Crippen LogP contribution in [0, 0.1) is 0 Å². The predicted octanol–water partition coefficient (Wildman–Crippen LogP) is 2.68. The molecule has 1 aromatic carbocycles. The molecule has 2 aliphatic carbocycles. The standard InChI is InChI=1S/C21H26F2N4O2S/c1-21(22,23)11-26-30(28,29)20-7-15-14(4-5-19(15)27-9-13(24)10-27)17-8-25-18(6-16(17)20)12-2-3-12/h6-8,12-13,19,26H,2-5,9-11,24H2,1H3. The van der Waals surface area contributed by atoms with E-state index in [1.807, 2.05) is 6.07 Å². The van der Waals surface area contributed by atoms with Crippen LogP contribution in [0.3, 0.4) is 0 Å². The molecule has 162 valence electrons. The number of rotatable bonds is 6. The Morgan fingerprint density at radius 2 is 1.97 bits per heavy atom. The van der Waals surface area contributed by atoms with E-state index in [1.54, 1.807) is 12.3 Å². The number of halogens is 2. The Kier molecular flexibility index (Phi) is 4.66. The molecule has 1 atom stereocenters. The summed E-state index contributed by atoms with van der Waals surface area (Å²) in [5, 5.41) is 1.39. The number of benzene rings is 1. The molecule has 3 aliphatic rings. The number of pyridine rings is 1. The van der Waals surface area contributed by atoms with E-state index in [9.17, 15) is 17.2 Å². The molecule has 30 heavy (non-hydrogen) atoms. The molecular weight excluding hydrogens is 410 g/mol. The van der Waals surface area contributed by atoms with E-state index in [1.165, 1.54) is 0 Å². The number of alkyl halides is 2. The van der Waals surface area contributed by atoms with Crippen molar-refractivity contribution in [3.8, 4) is 0 Å². The molecule has 1 aromatic heterocycles. The Hall–Kier alpha value is -1.68. The Balaban J connectivity index is 1.63. The van der Waals surface area contributed by atoms with Gasteiger partial charge in [-0.25, -0.2) is 21.9 Å². The molecule has 9 heteroatoms. The van der Waals surface area contributed by atoms with Gasteiger partial charge in [-0.2, -0.15) is 0 Å². The average molecular weight is 437 g/mol. The van der Waals surface area contributed by atoms with Gasteiger partial charge >= 0.3 is 0 Å². The van der Waals surface area contributed by atoms with Gasteiger partial charge in [0.2, 0.25) is 10.0 Å². The third kappa shape index (κ3) is 3.62. The third-order valence-electron chi connectivity index (χ3n) is 6.41. The second kappa shape index (κ2) is 6.91. The van der Waals surface area contributed by atoms with Crippen LogP contribution in [0.4, 0.5) is 8.78 Å². The number of fused-ring (bicyclic) bond motifs is 3. The van der Waals surface area contributed by atoms with Crippen molar-refractivity contribution in [1.29, 1.82) is 0 Å². The molecule has 1 unspecified atom stereocenters. The van der Waals surface area contributed by atoms with Crippen LogP contribution in [-0.4, -0.2) is 49.9 Å². The molecule has 1 aliphatic heterocycles. The number of hydrogen-bond donors (Lipinski definition) is 2. The van der Waals surface area contributed by atoms with Gasteiger partial charge < -0.3 is 5.73 Å². The van der Waals surface area contributed by atoms with Crippen molar-refractivity contribution in [1.82, 2.24) is 14.6 Å². The third-order valence-corrected chi connectivity index (χ3v) is 7.86. The highest BCUT2D eigenvalue weighted by atomic mass is 32.2. The van der Waals surface area contributed by atoms with E-state index in [0.29, 0.717) is 18.2 Å². The maximum absolute atomic E-state index is 13.4. The van der Waals surface area contributed by atoms with Crippen molar-refractivity contribution in [2.75, 3.05) is 19.6 Å². The summed E-state index contributed by atoms with van der Waals surface area (Å²) >= 11 is 0. The molecule has 2 fully saturated rings. The highest BCUT2D eigenvalue weighted by molar-refractivity contribution is 7.89. The molecule has 1 saturated carbocycles. The second-order valence-corrected chi connectivity index (χ2v) is 10.8. The Morgan fingerprint density at radius 1 is 1.23 bits per heavy atom. The quantitative estimate of drug-likeness (QED) is 0.727. The summed E-state index contributed by atoms with van der Waals surface area (Å²) in [6.45, 7) is 1.33. The number of aromatic nitrogens is 1. The summed E-state index contributed by atoms with van der Waals surface area (Å²) in [5.41, 5.74) is 8.90. The smallest absolute Gasteiger partial charge is 0.258 e. The summed E-state index contributed by atoms with van der Waals surface area (Å²) in [7, 11) is -4.11. The number of nitrogens with two attached hydrogens (primary N) is 1. The summed E-state index contributed by atoms with van der Waals surface area (Å²) < 4.78 is 55.1. The summed E-state index contributed by atoms with van der Waals surface area (Å²) in [5.74, 6) is -2.77. The van der Waals surface area contributed by atoms with Crippen LogP contribution in [0.1, 0.15) is 55.0 Å². The minimum atomic E-state index is -4.11. The van der Waals surface area contributed by atoms with E-state index >= 15 is 0 Å². The van der Waals surface area contributed by atoms with Gasteiger partial charge in [0.1, 0.15) is 0 Å². The number of aryl methyl sites for hydroxylation is 1. The maximum Gasteiger partial charge on any atom is 0.258 e. The lowest BCUT2D eigenvalue weighted by atomic mass is 9.98. The van der Waals surface area contributed by atoms with Crippen molar-refractivity contribution in [3.05, 3.63) is 35.2 Å². The number of nitrogens with zero attached hydrogens (tertiary/aromatic N) is 2. The molecule has 6 nitrogen and oxygen atoms in total. The fourth-order valence-electron chi connectivity index (χ4n) is 4.70. The molecular formula is C21H26F2N4O2S. The van der Waals surface area contributed by atoms with E-state index < -0.39 is 22.5 Å². The second-order valence-electron chi connectivity index (χ2n) is 9.03. The number of sulfonamides is 1. The molecule has 0 bridgehead atoms. The first-order valence-electron chi connectivity index (χ1n) is 10.4. The minimum Gasteiger partial charge on any atom is -0.325 e. The molecule has 2 heterocycles. The van der Waals surface area contributed by atoms with Crippen molar-refractivity contribution in [2.24, 2.45) is 5.73 Å². The van der Waals surface area contributed by atoms with E-state index in [-0.39, 0.29) is 17.0 Å². The Morgan fingerprint density at radius 3 is 2.60 bits per heavy atom. The summed E-state index contributed by atoms with van der Waals surface area (Å²) in [6.07, 6.45) is 5.60. The van der Waals surface area contributed by atoms with Gasteiger partial charge in [0, 0.05) is 60.7 Å². The van der Waals surface area contributed by atoms with Crippen LogP contribution in [0.15, 0.2) is 23.2 Å². The number of likely N-dealkylation sites (tertiary alicyclic amines) is 1. The lowest BCUT2D eigenvalue weighted by molar-refractivity contribution is 0.0281. The monoisotopic (exact) mass is 436 g/mol. The lowest BCUT2D eigenvalue weighted by Gasteiger charge is -2.41. The Labute approximate surface area is 174 Å². The van der Waals surface area contributed by atoms with Crippen molar-refractivity contribution >= 4 is 20.8 Å². The minimum absolute atomic E-state index is 0.0709. The van der Waals surface area contributed by atoms with Gasteiger partial charge in [0.25, 0.3) is 5.92 Å². The fourth-order valence-corrected chi connectivity index (χ4v) is 6.04. The van der Waals surface area contributed by atoms with Crippen molar-refractivity contribution < 1.29 is 17.2 Å². The first-order chi connectivity index (χ1) is 14.1. The SMILES string of the molecule is CC(F)(F)CNS(=O)(=O)c1cc2c(c3cnc(C4CC4)cc13)CCC2N1CC(N)C1. The summed E-state index contributed by atoms with van der Waals surface area (Å²) in [4.78, 5) is 6.94. The molecule has 0 spiro atoms. The van der Waals surface area contributed by atoms with E-state index in [2.05, 4.69) is 14.6 Å². The zero-order valence-corrected chi connectivity index (χ0v) is 17.7. The fraction of sp³-hybridized carbons (Fsp3) is 0.571. The number of hydrogen-bond acceptors (Lipinski definition) is 5. The maximum atomic E-state index is 13.4. The van der Waals surface area contributed by atoms with E-state index in [4.69, 9.17) is 5.73 Å². The van der Waals surface area contributed by atoms with Crippen LogP contribution in [0.2, 0.25) is 0 Å². The first kappa shape index (κ1) is 20.2. The Bertz CT molecular complexity index is 1110. The van der Waals surface area contributed by atoms with Crippen molar-refractivity contribution in [2.45, 2.75) is 61.4 Å². The zero-order valence-electron chi connectivity index (χ0n) is 16.9. The highest BCUT2D eigenvalue weighted by Gasteiger charge is 2.37. The van der Waals surface area contributed by atoms with Gasteiger partial charge in [-0.3, -0.25) is 9.88 Å². The van der Waals surface area contributed by atoms with Gasteiger partial charge in [-0.1, -0.05) is 0 Å². The molecule has 5 rings (SSSR count). The van der Waals surface area contributed by atoms with Crippen LogP contribution in [0.5, 0.6) is 0 Å². The van der Waals surface area contributed by atoms with Crippen LogP contribution >= 0.6 is 0 Å². The topological polar surface area (TPSA) is 88.3 Å². The molecule has 1 saturated heterocycles. The molecule has 2 aromatic rings. The van der Waals surface area contributed by atoms with Crippen LogP contribution in [-0.2, 0) is 16.4 Å². The largest absolute Gasteiger partial charge is 0.325 e. The molecule has 3 N–H and O–H groups in total. The van der Waals surface area contributed by atoms with Crippen LogP contribution in [0.25, 0.3) is 10.8 Å².